The maximum atomic E-state index is 10.0. The Labute approximate surface area is 97.2 Å². The Hall–Kier alpha value is -0.710. The first-order chi connectivity index (χ1) is 7.16. The molecule has 0 amide bonds. The summed E-state index contributed by atoms with van der Waals surface area (Å²) >= 11 is 3.30. The summed E-state index contributed by atoms with van der Waals surface area (Å²) in [5.74, 6) is 0. The first-order valence-electron chi connectivity index (χ1n) is 4.80. The summed E-state index contributed by atoms with van der Waals surface area (Å²) in [6.45, 7) is 4.02. The fourth-order valence-electron chi connectivity index (χ4n) is 1.55. The zero-order valence-electron chi connectivity index (χ0n) is 8.73. The van der Waals surface area contributed by atoms with E-state index < -0.39 is 6.10 Å². The van der Waals surface area contributed by atoms with Crippen LogP contribution in [0.4, 0.5) is 0 Å². The van der Waals surface area contributed by atoms with Crippen molar-refractivity contribution in [1.29, 1.82) is 0 Å². The predicted molar refractivity (Wildman–Crippen MR) is 64.6 cm³/mol. The number of rotatable bonds is 3. The van der Waals surface area contributed by atoms with E-state index in [1.54, 1.807) is 22.7 Å². The van der Waals surface area contributed by atoms with Crippen molar-refractivity contribution in [3.8, 4) is 0 Å². The van der Waals surface area contributed by atoms with Gasteiger partial charge in [-0.1, -0.05) is 0 Å². The van der Waals surface area contributed by atoms with Crippen molar-refractivity contribution in [3.05, 3.63) is 38.0 Å². The second-order valence-corrected chi connectivity index (χ2v) is 5.69. The van der Waals surface area contributed by atoms with Gasteiger partial charge in [0.2, 0.25) is 0 Å². The lowest BCUT2D eigenvalue weighted by Crippen LogP contribution is -2.02. The molecule has 1 N–H and O–H groups in total. The van der Waals surface area contributed by atoms with Crippen LogP contribution >= 0.6 is 22.7 Å². The van der Waals surface area contributed by atoms with E-state index in [1.165, 1.54) is 4.88 Å². The number of hydrogen-bond acceptors (Lipinski definition) is 4. The van der Waals surface area contributed by atoms with Crippen molar-refractivity contribution in [1.82, 2.24) is 4.98 Å². The summed E-state index contributed by atoms with van der Waals surface area (Å²) in [7, 11) is 0. The fraction of sp³-hybridized carbons (Fsp3) is 0.364. The van der Waals surface area contributed by atoms with Gasteiger partial charge < -0.3 is 5.11 Å². The Morgan fingerprint density at radius 3 is 2.73 bits per heavy atom. The molecule has 0 bridgehead atoms. The van der Waals surface area contributed by atoms with Gasteiger partial charge in [0.25, 0.3) is 0 Å². The van der Waals surface area contributed by atoms with Crippen LogP contribution in [0.25, 0.3) is 0 Å². The van der Waals surface area contributed by atoms with E-state index in [2.05, 4.69) is 4.98 Å². The van der Waals surface area contributed by atoms with E-state index in [-0.39, 0.29) is 0 Å². The Morgan fingerprint density at radius 2 is 2.20 bits per heavy atom. The minimum absolute atomic E-state index is 0.419. The number of hydrogen-bond donors (Lipinski definition) is 1. The van der Waals surface area contributed by atoms with Gasteiger partial charge in [0.15, 0.2) is 0 Å². The van der Waals surface area contributed by atoms with Crippen LogP contribution in [0.3, 0.4) is 0 Å². The number of aliphatic hydroxyl groups excluding tert-OH is 1. The van der Waals surface area contributed by atoms with Gasteiger partial charge in [0, 0.05) is 16.7 Å². The molecule has 2 rings (SSSR count). The van der Waals surface area contributed by atoms with Gasteiger partial charge in [0.05, 0.1) is 16.8 Å². The molecule has 0 saturated carbocycles. The summed E-state index contributed by atoms with van der Waals surface area (Å²) in [6, 6.07) is 1.99. The lowest BCUT2D eigenvalue weighted by Gasteiger charge is -2.08. The smallest absolute Gasteiger partial charge is 0.0897 e. The zero-order chi connectivity index (χ0) is 10.8. The number of aliphatic hydroxyl groups is 1. The molecule has 2 aromatic heterocycles. The lowest BCUT2D eigenvalue weighted by atomic mass is 10.1. The van der Waals surface area contributed by atoms with Crippen LogP contribution in [0.5, 0.6) is 0 Å². The fourth-order valence-corrected chi connectivity index (χ4v) is 2.93. The van der Waals surface area contributed by atoms with Crippen LogP contribution in [0.15, 0.2) is 16.8 Å². The van der Waals surface area contributed by atoms with E-state index in [4.69, 9.17) is 0 Å². The third kappa shape index (κ3) is 2.45. The first-order valence-corrected chi connectivity index (χ1v) is 6.56. The minimum atomic E-state index is -0.419. The summed E-state index contributed by atoms with van der Waals surface area (Å²) in [4.78, 5) is 5.54. The molecule has 0 radical (unpaired) electrons. The molecule has 0 aliphatic heterocycles. The second-order valence-electron chi connectivity index (χ2n) is 3.51. The summed E-state index contributed by atoms with van der Waals surface area (Å²) in [6.07, 6.45) is 0.194. The maximum absolute atomic E-state index is 10.0. The molecular weight excluding hydrogens is 226 g/mol. The van der Waals surface area contributed by atoms with Gasteiger partial charge >= 0.3 is 0 Å². The Morgan fingerprint density at radius 1 is 1.40 bits per heavy atom. The molecule has 1 unspecified atom stereocenters. The molecule has 4 heteroatoms. The summed E-state index contributed by atoms with van der Waals surface area (Å²) < 4.78 is 0. The van der Waals surface area contributed by atoms with Crippen LogP contribution in [-0.2, 0) is 6.42 Å². The summed E-state index contributed by atoms with van der Waals surface area (Å²) in [5.41, 5.74) is 2.02. The number of thiophene rings is 1. The third-order valence-corrected chi connectivity index (χ3v) is 4.01. The summed E-state index contributed by atoms with van der Waals surface area (Å²) in [5, 5.41) is 15.1. The average molecular weight is 239 g/mol. The predicted octanol–water partition coefficient (Wildman–Crippen LogP) is 3.10. The van der Waals surface area contributed by atoms with Crippen LogP contribution < -0.4 is 0 Å². The molecule has 2 heterocycles. The molecule has 0 fully saturated rings. The lowest BCUT2D eigenvalue weighted by molar-refractivity contribution is 0.177. The minimum Gasteiger partial charge on any atom is -0.388 e. The van der Waals surface area contributed by atoms with Crippen LogP contribution in [0, 0.1) is 13.8 Å². The van der Waals surface area contributed by atoms with E-state index in [0.717, 1.165) is 16.3 Å². The van der Waals surface area contributed by atoms with Crippen molar-refractivity contribution >= 4 is 22.7 Å². The van der Waals surface area contributed by atoms with E-state index in [9.17, 15) is 5.11 Å². The second kappa shape index (κ2) is 4.43. The highest BCUT2D eigenvalue weighted by molar-refractivity contribution is 7.10. The van der Waals surface area contributed by atoms with Gasteiger partial charge in [-0.15, -0.1) is 22.7 Å². The van der Waals surface area contributed by atoms with E-state index >= 15 is 0 Å². The monoisotopic (exact) mass is 239 g/mol. The van der Waals surface area contributed by atoms with Crippen LogP contribution in [0.2, 0.25) is 0 Å². The standard InChI is InChI=1S/C11H13NOS2/c1-7-10(3-4-14-7)11(13)5-9-6-15-8(2)12-9/h3-4,6,11,13H,5H2,1-2H3. The topological polar surface area (TPSA) is 33.1 Å². The molecule has 2 nitrogen and oxygen atoms in total. The van der Waals surface area contributed by atoms with Gasteiger partial charge in [-0.05, 0) is 30.9 Å². The normalized spacial score (nSPS) is 13.0. The first kappa shape index (κ1) is 10.8. The highest BCUT2D eigenvalue weighted by Gasteiger charge is 2.13. The van der Waals surface area contributed by atoms with Crippen molar-refractivity contribution in [3.63, 3.8) is 0 Å². The number of aromatic nitrogens is 1. The number of nitrogens with zero attached hydrogens (tertiary/aromatic N) is 1. The van der Waals surface area contributed by atoms with E-state index in [0.29, 0.717) is 6.42 Å². The quantitative estimate of drug-likeness (QED) is 0.893. The van der Waals surface area contributed by atoms with Gasteiger partial charge in [0.1, 0.15) is 0 Å². The number of thiazole rings is 1. The molecular formula is C11H13NOS2. The Balaban J connectivity index is 2.10. The van der Waals surface area contributed by atoms with Gasteiger partial charge in [-0.25, -0.2) is 4.98 Å². The van der Waals surface area contributed by atoms with Crippen molar-refractivity contribution in [2.45, 2.75) is 26.4 Å². The third-order valence-electron chi connectivity index (χ3n) is 2.33. The van der Waals surface area contributed by atoms with Crippen molar-refractivity contribution in [2.24, 2.45) is 0 Å². The average Bonchev–Trinajstić information content (AvgIpc) is 2.75. The molecule has 1 atom stereocenters. The van der Waals surface area contributed by atoms with E-state index in [1.807, 2.05) is 30.7 Å². The molecule has 0 spiro atoms. The Kier molecular flexibility index (Phi) is 3.19. The van der Waals surface area contributed by atoms with Crippen LogP contribution in [-0.4, -0.2) is 10.1 Å². The molecule has 0 aliphatic rings. The SMILES string of the molecule is Cc1nc(CC(O)c2ccsc2C)cs1. The molecule has 2 aromatic rings. The number of aryl methyl sites for hydroxylation is 2. The highest BCUT2D eigenvalue weighted by Crippen LogP contribution is 2.25. The van der Waals surface area contributed by atoms with Crippen LogP contribution in [0.1, 0.15) is 27.2 Å². The maximum Gasteiger partial charge on any atom is 0.0897 e. The zero-order valence-corrected chi connectivity index (χ0v) is 10.4. The van der Waals surface area contributed by atoms with Gasteiger partial charge in [-0.2, -0.15) is 0 Å². The molecule has 15 heavy (non-hydrogen) atoms. The van der Waals surface area contributed by atoms with Crippen molar-refractivity contribution < 1.29 is 5.11 Å². The molecule has 0 saturated heterocycles. The Bertz CT molecular complexity index is 447. The molecule has 80 valence electrons. The molecule has 0 aliphatic carbocycles. The van der Waals surface area contributed by atoms with Crippen molar-refractivity contribution in [2.75, 3.05) is 0 Å². The molecule has 0 aromatic carbocycles. The van der Waals surface area contributed by atoms with Gasteiger partial charge in [-0.3, -0.25) is 0 Å². The largest absolute Gasteiger partial charge is 0.388 e. The highest BCUT2D eigenvalue weighted by atomic mass is 32.1.